The number of aromatic amines is 1. The van der Waals surface area contributed by atoms with Crippen LogP contribution in [0, 0.1) is 17.2 Å². The predicted molar refractivity (Wildman–Crippen MR) is 93.3 cm³/mol. The number of nitrogens with zero attached hydrogens (tertiary/aromatic N) is 4. The van der Waals surface area contributed by atoms with Crippen molar-refractivity contribution in [2.75, 3.05) is 11.9 Å². The van der Waals surface area contributed by atoms with E-state index in [2.05, 4.69) is 30.6 Å². The molecule has 0 unspecified atom stereocenters. The molecule has 132 valence electrons. The first kappa shape index (κ1) is 16.3. The molecule has 4 rings (SSSR count). The molecule has 0 radical (unpaired) electrons. The lowest BCUT2D eigenvalue weighted by molar-refractivity contribution is 0.316. The van der Waals surface area contributed by atoms with Crippen molar-refractivity contribution in [1.29, 1.82) is 5.26 Å². The Hall–Kier alpha value is -2.18. The van der Waals surface area contributed by atoms with Gasteiger partial charge in [0.25, 0.3) is 0 Å². The molecule has 0 amide bonds. The van der Waals surface area contributed by atoms with Crippen molar-refractivity contribution in [3.05, 3.63) is 18.6 Å². The van der Waals surface area contributed by atoms with Gasteiger partial charge in [-0.25, -0.2) is 23.1 Å². The standard InChI is InChI=1S/C16H20N6O2S/c1-22(16-13-3-5-18-15(13)19-9-20-16)12-7-11(8-12)21-25(23,24)14-6-10(14)2-4-17/h3,5,9-12,14,21H,2,6-8H2,1H3,(H,18,19,20)/t10-,11-,12-,14-/m0/s1. The predicted octanol–water partition coefficient (Wildman–Crippen LogP) is 1.15. The number of H-pyrrole nitrogens is 1. The Balaban J connectivity index is 1.36. The van der Waals surface area contributed by atoms with Crippen LogP contribution in [0.4, 0.5) is 5.82 Å². The van der Waals surface area contributed by atoms with Gasteiger partial charge in [0.15, 0.2) is 0 Å². The Morgan fingerprint density at radius 2 is 2.20 bits per heavy atom. The van der Waals surface area contributed by atoms with Crippen LogP contribution in [-0.2, 0) is 10.0 Å². The van der Waals surface area contributed by atoms with E-state index in [0.717, 1.165) is 29.7 Å². The van der Waals surface area contributed by atoms with Crippen LogP contribution < -0.4 is 9.62 Å². The van der Waals surface area contributed by atoms with Crippen LogP contribution in [0.1, 0.15) is 25.7 Å². The molecule has 2 aromatic heterocycles. The van der Waals surface area contributed by atoms with E-state index < -0.39 is 10.0 Å². The Bertz CT molecular complexity index is 927. The summed E-state index contributed by atoms with van der Waals surface area (Å²) in [5.74, 6) is 0.859. The lowest BCUT2D eigenvalue weighted by atomic mass is 9.86. The fourth-order valence-electron chi connectivity index (χ4n) is 3.56. The number of aromatic nitrogens is 3. The molecule has 9 heteroatoms. The second kappa shape index (κ2) is 5.97. The van der Waals surface area contributed by atoms with Gasteiger partial charge in [0, 0.05) is 31.7 Å². The van der Waals surface area contributed by atoms with Gasteiger partial charge < -0.3 is 9.88 Å². The van der Waals surface area contributed by atoms with Crippen LogP contribution in [0.25, 0.3) is 11.0 Å². The van der Waals surface area contributed by atoms with Crippen LogP contribution in [0.3, 0.4) is 0 Å². The van der Waals surface area contributed by atoms with Crippen molar-refractivity contribution >= 4 is 26.9 Å². The van der Waals surface area contributed by atoms with Crippen LogP contribution >= 0.6 is 0 Å². The highest BCUT2D eigenvalue weighted by atomic mass is 32.2. The molecule has 0 aromatic carbocycles. The fraction of sp³-hybridized carbons (Fsp3) is 0.562. The Kier molecular flexibility index (Phi) is 3.89. The number of hydrogen-bond acceptors (Lipinski definition) is 6. The number of sulfonamides is 1. The van der Waals surface area contributed by atoms with Gasteiger partial charge in [-0.1, -0.05) is 0 Å². The van der Waals surface area contributed by atoms with Crippen molar-refractivity contribution < 1.29 is 8.42 Å². The minimum absolute atomic E-state index is 0.00365. The molecule has 0 spiro atoms. The van der Waals surface area contributed by atoms with Crippen molar-refractivity contribution in [3.8, 4) is 6.07 Å². The molecule has 2 fully saturated rings. The average molecular weight is 360 g/mol. The highest BCUT2D eigenvalue weighted by molar-refractivity contribution is 7.90. The third-order valence-corrected chi connectivity index (χ3v) is 7.30. The zero-order valence-corrected chi connectivity index (χ0v) is 14.7. The second-order valence-electron chi connectivity index (χ2n) is 6.93. The highest BCUT2D eigenvalue weighted by Crippen LogP contribution is 2.40. The van der Waals surface area contributed by atoms with Crippen LogP contribution in [0.2, 0.25) is 0 Å². The first-order valence-corrected chi connectivity index (χ1v) is 9.93. The normalized spacial score (nSPS) is 28.3. The van der Waals surface area contributed by atoms with E-state index in [1.165, 1.54) is 6.33 Å². The summed E-state index contributed by atoms with van der Waals surface area (Å²) in [7, 11) is -1.33. The topological polar surface area (TPSA) is 115 Å². The molecule has 2 atom stereocenters. The summed E-state index contributed by atoms with van der Waals surface area (Å²) in [5, 5.41) is 9.26. The maximum Gasteiger partial charge on any atom is 0.215 e. The third kappa shape index (κ3) is 2.96. The summed E-state index contributed by atoms with van der Waals surface area (Å²) < 4.78 is 27.4. The Morgan fingerprint density at radius 1 is 1.40 bits per heavy atom. The van der Waals surface area contributed by atoms with E-state index in [9.17, 15) is 8.42 Å². The summed E-state index contributed by atoms with van der Waals surface area (Å²) in [6, 6.07) is 4.21. The number of anilines is 1. The first-order chi connectivity index (χ1) is 12.0. The van der Waals surface area contributed by atoms with Gasteiger partial charge in [-0.2, -0.15) is 5.26 Å². The quantitative estimate of drug-likeness (QED) is 0.798. The molecule has 2 aliphatic rings. The Labute approximate surface area is 146 Å². The van der Waals surface area contributed by atoms with Crippen LogP contribution in [0.15, 0.2) is 18.6 Å². The van der Waals surface area contributed by atoms with E-state index in [1.807, 2.05) is 19.3 Å². The number of nitriles is 1. The van der Waals surface area contributed by atoms with Crippen molar-refractivity contribution in [2.45, 2.75) is 43.0 Å². The minimum atomic E-state index is -3.31. The van der Waals surface area contributed by atoms with Gasteiger partial charge in [0.2, 0.25) is 10.0 Å². The number of hydrogen-bond donors (Lipinski definition) is 2. The fourth-order valence-corrected chi connectivity index (χ4v) is 5.50. The molecule has 2 aliphatic carbocycles. The second-order valence-corrected chi connectivity index (χ2v) is 8.86. The molecule has 2 saturated carbocycles. The van der Waals surface area contributed by atoms with Gasteiger partial charge in [0.1, 0.15) is 17.8 Å². The summed E-state index contributed by atoms with van der Waals surface area (Å²) >= 11 is 0. The summed E-state index contributed by atoms with van der Waals surface area (Å²) in [6.07, 6.45) is 5.80. The summed E-state index contributed by atoms with van der Waals surface area (Å²) in [6.45, 7) is 0. The van der Waals surface area contributed by atoms with Gasteiger partial charge in [0.05, 0.1) is 16.7 Å². The third-order valence-electron chi connectivity index (χ3n) is 5.27. The van der Waals surface area contributed by atoms with Crippen molar-refractivity contribution in [2.24, 2.45) is 5.92 Å². The Morgan fingerprint density at radius 3 is 2.96 bits per heavy atom. The molecule has 0 saturated heterocycles. The molecule has 0 bridgehead atoms. The maximum atomic E-state index is 12.3. The number of fused-ring (bicyclic) bond motifs is 1. The zero-order chi connectivity index (χ0) is 17.6. The molecule has 25 heavy (non-hydrogen) atoms. The highest BCUT2D eigenvalue weighted by Gasteiger charge is 2.48. The summed E-state index contributed by atoms with van der Waals surface area (Å²) in [5.41, 5.74) is 0.797. The maximum absolute atomic E-state index is 12.3. The summed E-state index contributed by atoms with van der Waals surface area (Å²) in [4.78, 5) is 13.7. The van der Waals surface area contributed by atoms with E-state index in [1.54, 1.807) is 0 Å². The van der Waals surface area contributed by atoms with Crippen LogP contribution in [-0.4, -0.2) is 47.8 Å². The molecule has 0 aliphatic heterocycles. The van der Waals surface area contributed by atoms with Crippen LogP contribution in [0.5, 0.6) is 0 Å². The lowest BCUT2D eigenvalue weighted by Crippen LogP contribution is -2.53. The molecule has 2 heterocycles. The van der Waals surface area contributed by atoms with E-state index in [4.69, 9.17) is 5.26 Å². The molecular formula is C16H20N6O2S. The lowest BCUT2D eigenvalue weighted by Gasteiger charge is -2.42. The van der Waals surface area contributed by atoms with E-state index in [0.29, 0.717) is 12.8 Å². The largest absolute Gasteiger partial charge is 0.356 e. The number of rotatable bonds is 6. The van der Waals surface area contributed by atoms with Gasteiger partial charge in [-0.3, -0.25) is 0 Å². The van der Waals surface area contributed by atoms with Crippen molar-refractivity contribution in [3.63, 3.8) is 0 Å². The zero-order valence-electron chi connectivity index (χ0n) is 13.9. The van der Waals surface area contributed by atoms with Gasteiger partial charge in [-0.15, -0.1) is 0 Å². The van der Waals surface area contributed by atoms with E-state index >= 15 is 0 Å². The minimum Gasteiger partial charge on any atom is -0.356 e. The number of nitrogens with one attached hydrogen (secondary N) is 2. The van der Waals surface area contributed by atoms with Gasteiger partial charge >= 0.3 is 0 Å². The van der Waals surface area contributed by atoms with E-state index in [-0.39, 0.29) is 23.3 Å². The molecular weight excluding hydrogens is 340 g/mol. The van der Waals surface area contributed by atoms with Crippen molar-refractivity contribution in [1.82, 2.24) is 19.7 Å². The molecule has 8 nitrogen and oxygen atoms in total. The first-order valence-electron chi connectivity index (χ1n) is 8.38. The SMILES string of the molecule is CN(c1ncnc2[nH]ccc12)[C@H]1C[C@H](NS(=O)(=O)[C@H]2C[C@@H]2CC#N)C1. The molecule has 2 N–H and O–H groups in total. The molecule has 2 aromatic rings. The van der Waals surface area contributed by atoms with Gasteiger partial charge in [-0.05, 0) is 31.2 Å². The average Bonchev–Trinajstić information content (AvgIpc) is 3.17. The smallest absolute Gasteiger partial charge is 0.215 e. The monoisotopic (exact) mass is 360 g/mol.